The van der Waals surface area contributed by atoms with Crippen LogP contribution in [-0.4, -0.2) is 18.0 Å². The monoisotopic (exact) mass is 300 g/mol. The van der Waals surface area contributed by atoms with E-state index in [1.165, 1.54) is 43.5 Å². The fourth-order valence-electron chi connectivity index (χ4n) is 2.58. The quantitative estimate of drug-likeness (QED) is 0.929. The van der Waals surface area contributed by atoms with Gasteiger partial charge in [0.05, 0.1) is 0 Å². The minimum atomic E-state index is -0.146. The highest BCUT2D eigenvalue weighted by atomic mass is 19.1. The number of piperidine rings is 1. The summed E-state index contributed by atoms with van der Waals surface area (Å²) in [4.78, 5) is 2.44. The second kappa shape index (κ2) is 9.34. The fourth-order valence-corrected chi connectivity index (χ4v) is 2.58. The van der Waals surface area contributed by atoms with Crippen LogP contribution in [0.5, 0.6) is 0 Å². The third-order valence-corrected chi connectivity index (χ3v) is 3.85. The maximum absolute atomic E-state index is 12.7. The third kappa shape index (κ3) is 5.96. The molecule has 2 nitrogen and oxygen atoms in total. The number of hydrogen-bond donors (Lipinski definition) is 1. The van der Waals surface area contributed by atoms with Crippen molar-refractivity contribution in [2.75, 3.05) is 13.1 Å². The Morgan fingerprint density at radius 1 is 0.818 bits per heavy atom. The molecule has 1 fully saturated rings. The van der Waals surface area contributed by atoms with Gasteiger partial charge in [-0.3, -0.25) is 4.90 Å². The van der Waals surface area contributed by atoms with Gasteiger partial charge in [0, 0.05) is 13.1 Å². The van der Waals surface area contributed by atoms with Crippen molar-refractivity contribution in [2.45, 2.75) is 32.4 Å². The van der Waals surface area contributed by atoms with Crippen LogP contribution in [0.25, 0.3) is 0 Å². The van der Waals surface area contributed by atoms with Crippen LogP contribution in [-0.2, 0) is 13.1 Å². The number of benzene rings is 2. The Morgan fingerprint density at radius 3 is 2.00 bits per heavy atom. The van der Waals surface area contributed by atoms with Crippen molar-refractivity contribution in [3.8, 4) is 0 Å². The van der Waals surface area contributed by atoms with Crippen molar-refractivity contribution in [3.63, 3.8) is 0 Å². The molecule has 1 heterocycles. The number of hydrogen-bond acceptors (Lipinski definition) is 2. The van der Waals surface area contributed by atoms with E-state index in [4.69, 9.17) is 5.73 Å². The van der Waals surface area contributed by atoms with Crippen molar-refractivity contribution < 1.29 is 4.39 Å². The SMILES string of the molecule is Fc1ccc(CN2CCCCC2)cc1.NCc1ccccc1. The summed E-state index contributed by atoms with van der Waals surface area (Å²) in [5.74, 6) is -0.146. The number of likely N-dealkylation sites (tertiary alicyclic amines) is 1. The zero-order valence-corrected chi connectivity index (χ0v) is 13.0. The first-order valence-electron chi connectivity index (χ1n) is 7.99. The predicted molar refractivity (Wildman–Crippen MR) is 89.9 cm³/mol. The summed E-state index contributed by atoms with van der Waals surface area (Å²) in [6.45, 7) is 4.00. The molecule has 1 aliphatic rings. The molecule has 0 amide bonds. The highest BCUT2D eigenvalue weighted by Gasteiger charge is 2.09. The molecule has 0 aromatic heterocycles. The minimum Gasteiger partial charge on any atom is -0.326 e. The van der Waals surface area contributed by atoms with Crippen LogP contribution in [0.3, 0.4) is 0 Å². The molecule has 3 heteroatoms. The van der Waals surface area contributed by atoms with Crippen molar-refractivity contribution in [1.29, 1.82) is 0 Å². The average Bonchev–Trinajstić information content (AvgIpc) is 2.59. The number of nitrogens with two attached hydrogens (primary N) is 1. The molecule has 0 spiro atoms. The first kappa shape index (κ1) is 16.7. The molecular formula is C19H25FN2. The highest BCUT2D eigenvalue weighted by molar-refractivity contribution is 5.16. The lowest BCUT2D eigenvalue weighted by atomic mass is 10.1. The Kier molecular flexibility index (Phi) is 7.07. The molecule has 2 aromatic carbocycles. The van der Waals surface area contributed by atoms with Crippen LogP contribution in [0.2, 0.25) is 0 Å². The zero-order valence-electron chi connectivity index (χ0n) is 13.0. The zero-order chi connectivity index (χ0) is 15.6. The van der Waals surface area contributed by atoms with Gasteiger partial charge in [0.1, 0.15) is 5.82 Å². The summed E-state index contributed by atoms with van der Waals surface area (Å²) in [6, 6.07) is 16.8. The first-order chi connectivity index (χ1) is 10.8. The van der Waals surface area contributed by atoms with Crippen molar-refractivity contribution in [1.82, 2.24) is 4.90 Å². The first-order valence-corrected chi connectivity index (χ1v) is 7.99. The van der Waals surface area contributed by atoms with Gasteiger partial charge < -0.3 is 5.73 Å². The molecule has 0 bridgehead atoms. The second-order valence-corrected chi connectivity index (χ2v) is 5.65. The minimum absolute atomic E-state index is 0.146. The van der Waals surface area contributed by atoms with Gasteiger partial charge in [0.25, 0.3) is 0 Å². The standard InChI is InChI=1S/C12H16FN.C7H9N/c13-12-6-4-11(5-7-12)10-14-8-2-1-3-9-14;8-6-7-4-2-1-3-5-7/h4-7H,1-3,8-10H2;1-5H,6,8H2. The number of halogens is 1. The van der Waals surface area contributed by atoms with E-state index < -0.39 is 0 Å². The van der Waals surface area contributed by atoms with Crippen molar-refractivity contribution in [3.05, 3.63) is 71.5 Å². The van der Waals surface area contributed by atoms with Crippen LogP contribution in [0.15, 0.2) is 54.6 Å². The van der Waals surface area contributed by atoms with Crippen LogP contribution in [0, 0.1) is 5.82 Å². The van der Waals surface area contributed by atoms with E-state index in [2.05, 4.69) is 4.90 Å². The van der Waals surface area contributed by atoms with Crippen LogP contribution >= 0.6 is 0 Å². The molecule has 0 unspecified atom stereocenters. The Labute approximate surface area is 132 Å². The predicted octanol–water partition coefficient (Wildman–Crippen LogP) is 3.96. The van der Waals surface area contributed by atoms with Gasteiger partial charge in [0.2, 0.25) is 0 Å². The molecule has 0 aliphatic carbocycles. The van der Waals surface area contributed by atoms with Gasteiger partial charge in [-0.25, -0.2) is 4.39 Å². The highest BCUT2D eigenvalue weighted by Crippen LogP contribution is 2.13. The van der Waals surface area contributed by atoms with Crippen LogP contribution in [0.4, 0.5) is 4.39 Å². The van der Waals surface area contributed by atoms with Gasteiger partial charge in [-0.2, -0.15) is 0 Å². The van der Waals surface area contributed by atoms with E-state index in [1.54, 1.807) is 12.1 Å². The lowest BCUT2D eigenvalue weighted by Crippen LogP contribution is -2.29. The fraction of sp³-hybridized carbons (Fsp3) is 0.368. The van der Waals surface area contributed by atoms with Crippen molar-refractivity contribution >= 4 is 0 Å². The summed E-state index contributed by atoms with van der Waals surface area (Å²) in [5, 5.41) is 0. The Bertz CT molecular complexity index is 519. The second-order valence-electron chi connectivity index (χ2n) is 5.65. The summed E-state index contributed by atoms with van der Waals surface area (Å²) in [7, 11) is 0. The van der Waals surface area contributed by atoms with Gasteiger partial charge in [-0.15, -0.1) is 0 Å². The Morgan fingerprint density at radius 2 is 1.45 bits per heavy atom. The average molecular weight is 300 g/mol. The van der Waals surface area contributed by atoms with E-state index in [0.29, 0.717) is 6.54 Å². The van der Waals surface area contributed by atoms with E-state index in [9.17, 15) is 4.39 Å². The lowest BCUT2D eigenvalue weighted by Gasteiger charge is -2.26. The summed E-state index contributed by atoms with van der Waals surface area (Å²) in [6.07, 6.45) is 3.97. The molecule has 0 saturated carbocycles. The number of rotatable bonds is 3. The van der Waals surface area contributed by atoms with E-state index in [1.807, 2.05) is 42.5 Å². The molecule has 0 atom stereocenters. The third-order valence-electron chi connectivity index (χ3n) is 3.85. The van der Waals surface area contributed by atoms with E-state index >= 15 is 0 Å². The largest absolute Gasteiger partial charge is 0.326 e. The van der Waals surface area contributed by atoms with Crippen molar-refractivity contribution in [2.24, 2.45) is 5.73 Å². The maximum atomic E-state index is 12.7. The molecule has 0 radical (unpaired) electrons. The molecule has 22 heavy (non-hydrogen) atoms. The molecule has 3 rings (SSSR count). The summed E-state index contributed by atoms with van der Waals surface area (Å²) >= 11 is 0. The van der Waals surface area contributed by atoms with Gasteiger partial charge in [0.15, 0.2) is 0 Å². The summed E-state index contributed by atoms with van der Waals surface area (Å²) in [5.41, 5.74) is 7.75. The topological polar surface area (TPSA) is 29.3 Å². The molecule has 1 aliphatic heterocycles. The summed E-state index contributed by atoms with van der Waals surface area (Å²) < 4.78 is 12.7. The maximum Gasteiger partial charge on any atom is 0.123 e. The smallest absolute Gasteiger partial charge is 0.123 e. The van der Waals surface area contributed by atoms with Crippen LogP contribution in [0.1, 0.15) is 30.4 Å². The van der Waals surface area contributed by atoms with Gasteiger partial charge in [-0.05, 0) is 49.2 Å². The lowest BCUT2D eigenvalue weighted by molar-refractivity contribution is 0.221. The Hall–Kier alpha value is -1.71. The van der Waals surface area contributed by atoms with Crippen LogP contribution < -0.4 is 5.73 Å². The van der Waals surface area contributed by atoms with Gasteiger partial charge >= 0.3 is 0 Å². The van der Waals surface area contributed by atoms with E-state index in [0.717, 1.165) is 6.54 Å². The molecule has 118 valence electrons. The number of nitrogens with zero attached hydrogens (tertiary/aromatic N) is 1. The Balaban J connectivity index is 0.000000188. The normalized spacial score (nSPS) is 15.0. The molecule has 2 N–H and O–H groups in total. The van der Waals surface area contributed by atoms with E-state index in [-0.39, 0.29) is 5.82 Å². The molecule has 1 saturated heterocycles. The van der Waals surface area contributed by atoms with Gasteiger partial charge in [-0.1, -0.05) is 48.9 Å². The molecular weight excluding hydrogens is 275 g/mol. The molecule has 2 aromatic rings.